The zero-order valence-corrected chi connectivity index (χ0v) is 15.7. The van der Waals surface area contributed by atoms with Crippen LogP contribution in [0.15, 0.2) is 24.3 Å². The fourth-order valence-electron chi connectivity index (χ4n) is 4.43. The number of hydrogen-bond acceptors (Lipinski definition) is 4. The van der Waals surface area contributed by atoms with Crippen molar-refractivity contribution in [1.29, 1.82) is 5.26 Å². The SMILES string of the molecule is Cl.N#Cc1c2c(c(N3CCN(C=O)CC3)n3c1nc1ccccc13)CCC2. The van der Waals surface area contributed by atoms with E-state index in [-0.39, 0.29) is 12.4 Å². The third-order valence-corrected chi connectivity index (χ3v) is 5.66. The maximum atomic E-state index is 11.1. The predicted molar refractivity (Wildman–Crippen MR) is 107 cm³/mol. The largest absolute Gasteiger partial charge is 0.354 e. The van der Waals surface area contributed by atoms with E-state index in [2.05, 4.69) is 21.4 Å². The number of imidazole rings is 1. The summed E-state index contributed by atoms with van der Waals surface area (Å²) < 4.78 is 2.18. The molecule has 0 spiro atoms. The van der Waals surface area contributed by atoms with Gasteiger partial charge in [-0.3, -0.25) is 9.20 Å². The number of amides is 1. The van der Waals surface area contributed by atoms with E-state index >= 15 is 0 Å². The lowest BCUT2D eigenvalue weighted by molar-refractivity contribution is -0.118. The molecule has 0 radical (unpaired) electrons. The van der Waals surface area contributed by atoms with E-state index in [1.807, 2.05) is 23.1 Å². The first-order valence-corrected chi connectivity index (χ1v) is 9.11. The molecular weight excluding hydrogens is 362 g/mol. The van der Waals surface area contributed by atoms with Gasteiger partial charge in [0.2, 0.25) is 6.41 Å². The van der Waals surface area contributed by atoms with Gasteiger partial charge in [-0.15, -0.1) is 12.4 Å². The Kier molecular flexibility index (Phi) is 4.40. The van der Waals surface area contributed by atoms with Gasteiger partial charge in [0, 0.05) is 26.2 Å². The summed E-state index contributed by atoms with van der Waals surface area (Å²) in [6, 6.07) is 10.5. The Morgan fingerprint density at radius 2 is 1.81 bits per heavy atom. The first kappa shape index (κ1) is 17.6. The van der Waals surface area contributed by atoms with Gasteiger partial charge in [-0.2, -0.15) is 5.26 Å². The van der Waals surface area contributed by atoms with Crippen molar-refractivity contribution in [1.82, 2.24) is 14.3 Å². The third kappa shape index (κ3) is 2.54. The number of carbonyl (C=O) groups excluding carboxylic acids is 1. The molecule has 1 aliphatic heterocycles. The van der Waals surface area contributed by atoms with Gasteiger partial charge in [0.1, 0.15) is 11.9 Å². The quantitative estimate of drug-likeness (QED) is 0.640. The van der Waals surface area contributed by atoms with Crippen molar-refractivity contribution in [3.8, 4) is 6.07 Å². The van der Waals surface area contributed by atoms with Crippen molar-refractivity contribution < 1.29 is 4.79 Å². The molecule has 1 saturated heterocycles. The average Bonchev–Trinajstić information content (AvgIpc) is 3.31. The first-order chi connectivity index (χ1) is 12.8. The number of halogens is 1. The van der Waals surface area contributed by atoms with Crippen LogP contribution in [-0.2, 0) is 17.6 Å². The standard InChI is InChI=1S/C20H19N5O.ClH/c21-12-16-14-4-3-5-15(14)20(24-10-8-23(13-26)9-11-24)25-18-7-2-1-6-17(18)22-19(16)25;/h1-2,6-7,13H,3-5,8-11H2;1H. The highest BCUT2D eigenvalue weighted by Crippen LogP contribution is 2.38. The highest BCUT2D eigenvalue weighted by molar-refractivity contribution is 5.86. The Bertz CT molecular complexity index is 1080. The zero-order valence-electron chi connectivity index (χ0n) is 14.9. The van der Waals surface area contributed by atoms with E-state index in [0.717, 1.165) is 74.1 Å². The summed E-state index contributed by atoms with van der Waals surface area (Å²) in [5.74, 6) is 1.17. The minimum Gasteiger partial charge on any atom is -0.354 e. The van der Waals surface area contributed by atoms with E-state index in [0.29, 0.717) is 0 Å². The number of para-hydroxylation sites is 2. The van der Waals surface area contributed by atoms with E-state index in [4.69, 9.17) is 4.98 Å². The minimum absolute atomic E-state index is 0. The van der Waals surface area contributed by atoms with E-state index < -0.39 is 0 Å². The van der Waals surface area contributed by atoms with Crippen LogP contribution >= 0.6 is 12.4 Å². The maximum absolute atomic E-state index is 11.1. The van der Waals surface area contributed by atoms with Crippen molar-refractivity contribution in [2.75, 3.05) is 31.1 Å². The van der Waals surface area contributed by atoms with E-state index in [1.54, 1.807) is 0 Å². The van der Waals surface area contributed by atoms with E-state index in [9.17, 15) is 10.1 Å². The van der Waals surface area contributed by atoms with Crippen molar-refractivity contribution in [2.45, 2.75) is 19.3 Å². The van der Waals surface area contributed by atoms with Gasteiger partial charge in [-0.05, 0) is 42.5 Å². The Balaban J connectivity index is 0.00000180. The molecule has 1 fully saturated rings. The number of benzene rings is 1. The zero-order chi connectivity index (χ0) is 17.7. The van der Waals surface area contributed by atoms with Crippen molar-refractivity contribution in [2.24, 2.45) is 0 Å². The molecule has 0 saturated carbocycles. The lowest BCUT2D eigenvalue weighted by Crippen LogP contribution is -2.46. The number of nitrogens with zero attached hydrogens (tertiary/aromatic N) is 5. The molecule has 27 heavy (non-hydrogen) atoms. The average molecular weight is 382 g/mol. The minimum atomic E-state index is 0. The van der Waals surface area contributed by atoms with Crippen LogP contribution < -0.4 is 4.90 Å². The Morgan fingerprint density at radius 1 is 1.07 bits per heavy atom. The van der Waals surface area contributed by atoms with Crippen LogP contribution in [0, 0.1) is 11.3 Å². The van der Waals surface area contributed by atoms with Crippen molar-refractivity contribution >= 4 is 41.3 Å². The number of nitriles is 1. The van der Waals surface area contributed by atoms with Gasteiger partial charge < -0.3 is 9.80 Å². The molecule has 2 aliphatic rings. The molecule has 5 rings (SSSR count). The van der Waals surface area contributed by atoms with Crippen LogP contribution in [0.1, 0.15) is 23.1 Å². The molecule has 0 atom stereocenters. The van der Waals surface area contributed by atoms with Crippen LogP contribution in [0.5, 0.6) is 0 Å². The van der Waals surface area contributed by atoms with Gasteiger partial charge >= 0.3 is 0 Å². The topological polar surface area (TPSA) is 64.6 Å². The normalized spacial score (nSPS) is 16.3. The van der Waals surface area contributed by atoms with Gasteiger partial charge in [0.25, 0.3) is 0 Å². The number of hydrogen-bond donors (Lipinski definition) is 0. The highest BCUT2D eigenvalue weighted by Gasteiger charge is 2.29. The molecule has 1 aliphatic carbocycles. The van der Waals surface area contributed by atoms with E-state index in [1.165, 1.54) is 16.9 Å². The van der Waals surface area contributed by atoms with Crippen LogP contribution in [0.4, 0.5) is 5.82 Å². The van der Waals surface area contributed by atoms with Gasteiger partial charge in [-0.25, -0.2) is 4.98 Å². The summed E-state index contributed by atoms with van der Waals surface area (Å²) in [6.45, 7) is 3.07. The molecule has 3 heterocycles. The molecule has 0 N–H and O–H groups in total. The van der Waals surface area contributed by atoms with Crippen molar-refractivity contribution in [3.05, 3.63) is 41.0 Å². The molecule has 0 unspecified atom stereocenters. The number of aromatic nitrogens is 2. The number of rotatable bonds is 2. The molecule has 0 bridgehead atoms. The number of carbonyl (C=O) groups is 1. The Morgan fingerprint density at radius 3 is 2.56 bits per heavy atom. The fourth-order valence-corrected chi connectivity index (χ4v) is 4.43. The third-order valence-electron chi connectivity index (χ3n) is 5.66. The molecule has 1 amide bonds. The van der Waals surface area contributed by atoms with Gasteiger partial charge in [0.05, 0.1) is 16.6 Å². The number of fused-ring (bicyclic) bond motifs is 4. The summed E-state index contributed by atoms with van der Waals surface area (Å²) in [6.07, 6.45) is 3.95. The van der Waals surface area contributed by atoms with Crippen molar-refractivity contribution in [3.63, 3.8) is 0 Å². The molecule has 2 aromatic heterocycles. The number of pyridine rings is 1. The lowest BCUT2D eigenvalue weighted by Gasteiger charge is -2.35. The maximum Gasteiger partial charge on any atom is 0.209 e. The smallest absolute Gasteiger partial charge is 0.209 e. The molecule has 7 heteroatoms. The second-order valence-corrected chi connectivity index (χ2v) is 7.01. The number of piperazine rings is 1. The van der Waals surface area contributed by atoms with Gasteiger partial charge in [0.15, 0.2) is 5.65 Å². The summed E-state index contributed by atoms with van der Waals surface area (Å²) in [4.78, 5) is 20.1. The van der Waals surface area contributed by atoms with Crippen LogP contribution in [-0.4, -0.2) is 46.9 Å². The molecule has 6 nitrogen and oxygen atoms in total. The monoisotopic (exact) mass is 381 g/mol. The number of anilines is 1. The fraction of sp³-hybridized carbons (Fsp3) is 0.350. The molecular formula is C20H20ClN5O. The molecule has 1 aromatic carbocycles. The Labute approximate surface area is 163 Å². The Hall–Kier alpha value is -2.78. The highest BCUT2D eigenvalue weighted by atomic mass is 35.5. The van der Waals surface area contributed by atoms with Crippen LogP contribution in [0.3, 0.4) is 0 Å². The summed E-state index contributed by atoms with van der Waals surface area (Å²) in [5.41, 5.74) is 5.91. The van der Waals surface area contributed by atoms with Crippen LogP contribution in [0.2, 0.25) is 0 Å². The summed E-state index contributed by atoms with van der Waals surface area (Å²) in [5, 5.41) is 9.83. The lowest BCUT2D eigenvalue weighted by atomic mass is 10.0. The van der Waals surface area contributed by atoms with Crippen LogP contribution in [0.25, 0.3) is 16.7 Å². The summed E-state index contributed by atoms with van der Waals surface area (Å²) in [7, 11) is 0. The van der Waals surface area contributed by atoms with Gasteiger partial charge in [-0.1, -0.05) is 12.1 Å². The molecule has 138 valence electrons. The summed E-state index contributed by atoms with van der Waals surface area (Å²) >= 11 is 0. The molecule has 3 aromatic rings. The second kappa shape index (κ2) is 6.75. The second-order valence-electron chi connectivity index (χ2n) is 7.01. The predicted octanol–water partition coefficient (Wildman–Crippen LogP) is 2.55. The first-order valence-electron chi connectivity index (χ1n) is 9.11.